The number of hydrogen-bond donors (Lipinski definition) is 1. The number of nitrogens with zero attached hydrogens (tertiary/aromatic N) is 2. The van der Waals surface area contributed by atoms with Gasteiger partial charge in [0, 0.05) is 11.1 Å². The zero-order chi connectivity index (χ0) is 12.1. The molecule has 4 nitrogen and oxygen atoms in total. The lowest BCUT2D eigenvalue weighted by molar-refractivity contribution is 0.274. The molecular weight excluding hydrogens is 236 g/mol. The van der Waals surface area contributed by atoms with E-state index in [2.05, 4.69) is 9.97 Å². The van der Waals surface area contributed by atoms with Crippen molar-refractivity contribution in [2.45, 2.75) is 11.5 Å². The van der Waals surface area contributed by atoms with Gasteiger partial charge in [-0.1, -0.05) is 0 Å². The third kappa shape index (κ3) is 2.95. The molecule has 1 aromatic heterocycles. The van der Waals surface area contributed by atoms with Crippen molar-refractivity contribution in [3.63, 3.8) is 0 Å². The number of aliphatic hydroxyl groups excluding tert-OH is 1. The molecule has 0 amide bonds. The molecule has 88 valence electrons. The average Bonchev–Trinajstić information content (AvgIpc) is 2.40. The van der Waals surface area contributed by atoms with E-state index >= 15 is 0 Å². The van der Waals surface area contributed by atoms with Crippen molar-refractivity contribution in [2.75, 3.05) is 6.26 Å². The van der Waals surface area contributed by atoms with Gasteiger partial charge in [-0.3, -0.25) is 0 Å². The van der Waals surface area contributed by atoms with Crippen LogP contribution in [0, 0.1) is 0 Å². The standard InChI is InChI=1S/C12H12N2O2S/c1-17-11-4-2-10(3-5-11)16-12-9(7-15)6-13-8-14-12/h2-6,8,15H,7H2,1H3. The van der Waals surface area contributed by atoms with Crippen LogP contribution in [0.15, 0.2) is 41.7 Å². The lowest BCUT2D eigenvalue weighted by atomic mass is 10.3. The van der Waals surface area contributed by atoms with E-state index in [1.807, 2.05) is 30.5 Å². The molecule has 2 rings (SSSR count). The molecule has 0 fully saturated rings. The van der Waals surface area contributed by atoms with Gasteiger partial charge in [0.1, 0.15) is 12.1 Å². The summed E-state index contributed by atoms with van der Waals surface area (Å²) in [5.74, 6) is 1.08. The highest BCUT2D eigenvalue weighted by Gasteiger charge is 2.05. The van der Waals surface area contributed by atoms with E-state index < -0.39 is 0 Å². The normalized spacial score (nSPS) is 10.2. The second-order valence-electron chi connectivity index (χ2n) is 3.29. The lowest BCUT2D eigenvalue weighted by Crippen LogP contribution is -1.95. The fourth-order valence-corrected chi connectivity index (χ4v) is 1.71. The molecule has 0 saturated carbocycles. The number of aliphatic hydroxyl groups is 1. The monoisotopic (exact) mass is 248 g/mol. The molecule has 0 aliphatic rings. The Kier molecular flexibility index (Phi) is 3.95. The van der Waals surface area contributed by atoms with Crippen LogP contribution in [0.1, 0.15) is 5.56 Å². The summed E-state index contributed by atoms with van der Waals surface area (Å²) >= 11 is 1.67. The van der Waals surface area contributed by atoms with Gasteiger partial charge in [-0.25, -0.2) is 9.97 Å². The van der Waals surface area contributed by atoms with Gasteiger partial charge in [-0.2, -0.15) is 0 Å². The van der Waals surface area contributed by atoms with Crippen LogP contribution in [0.2, 0.25) is 0 Å². The topological polar surface area (TPSA) is 55.2 Å². The fourth-order valence-electron chi connectivity index (χ4n) is 1.30. The molecule has 0 bridgehead atoms. The van der Waals surface area contributed by atoms with Gasteiger partial charge in [0.05, 0.1) is 12.2 Å². The van der Waals surface area contributed by atoms with Gasteiger partial charge < -0.3 is 9.84 Å². The third-order valence-electron chi connectivity index (χ3n) is 2.19. The van der Waals surface area contributed by atoms with Crippen LogP contribution < -0.4 is 4.74 Å². The number of aromatic nitrogens is 2. The van der Waals surface area contributed by atoms with Gasteiger partial charge in [-0.15, -0.1) is 11.8 Å². The molecule has 0 aliphatic heterocycles. The summed E-state index contributed by atoms with van der Waals surface area (Å²) in [5, 5.41) is 9.12. The molecule has 0 atom stereocenters. The highest BCUT2D eigenvalue weighted by Crippen LogP contribution is 2.24. The lowest BCUT2D eigenvalue weighted by Gasteiger charge is -2.07. The van der Waals surface area contributed by atoms with Crippen LogP contribution in [-0.2, 0) is 6.61 Å². The summed E-state index contributed by atoms with van der Waals surface area (Å²) in [6.45, 7) is -0.140. The highest BCUT2D eigenvalue weighted by molar-refractivity contribution is 7.98. The molecule has 0 spiro atoms. The molecule has 0 unspecified atom stereocenters. The van der Waals surface area contributed by atoms with E-state index in [0.717, 1.165) is 0 Å². The minimum absolute atomic E-state index is 0.140. The zero-order valence-electron chi connectivity index (χ0n) is 9.33. The summed E-state index contributed by atoms with van der Waals surface area (Å²) in [4.78, 5) is 8.99. The Hall–Kier alpha value is -1.59. The molecule has 5 heteroatoms. The molecule has 0 radical (unpaired) electrons. The smallest absolute Gasteiger partial charge is 0.227 e. The van der Waals surface area contributed by atoms with E-state index in [-0.39, 0.29) is 6.61 Å². The number of thioether (sulfide) groups is 1. The second kappa shape index (κ2) is 5.65. The first-order chi connectivity index (χ1) is 8.33. The summed E-state index contributed by atoms with van der Waals surface area (Å²) in [6.07, 6.45) is 4.95. The average molecular weight is 248 g/mol. The predicted molar refractivity (Wildman–Crippen MR) is 66.3 cm³/mol. The van der Waals surface area contributed by atoms with E-state index in [0.29, 0.717) is 17.2 Å². The first-order valence-corrected chi connectivity index (χ1v) is 6.27. The maximum absolute atomic E-state index is 9.12. The molecule has 1 aromatic carbocycles. The number of hydrogen-bond acceptors (Lipinski definition) is 5. The fraction of sp³-hybridized carbons (Fsp3) is 0.167. The van der Waals surface area contributed by atoms with Gasteiger partial charge in [0.2, 0.25) is 5.88 Å². The van der Waals surface area contributed by atoms with Gasteiger partial charge in [0.25, 0.3) is 0 Å². The minimum Gasteiger partial charge on any atom is -0.439 e. The van der Waals surface area contributed by atoms with E-state index in [4.69, 9.17) is 9.84 Å². The number of rotatable bonds is 4. The number of ether oxygens (including phenoxy) is 1. The predicted octanol–water partition coefficient (Wildman–Crippen LogP) is 2.48. The Bertz CT molecular complexity index is 488. The van der Waals surface area contributed by atoms with Crippen LogP contribution in [0.3, 0.4) is 0 Å². The Balaban J connectivity index is 2.19. The van der Waals surface area contributed by atoms with E-state index in [1.165, 1.54) is 11.2 Å². The molecule has 1 heterocycles. The van der Waals surface area contributed by atoms with Crippen LogP contribution in [0.25, 0.3) is 0 Å². The molecule has 2 aromatic rings. The van der Waals surface area contributed by atoms with E-state index in [9.17, 15) is 0 Å². The first-order valence-electron chi connectivity index (χ1n) is 5.05. The molecule has 17 heavy (non-hydrogen) atoms. The van der Waals surface area contributed by atoms with Crippen molar-refractivity contribution in [1.82, 2.24) is 9.97 Å². The van der Waals surface area contributed by atoms with Crippen LogP contribution in [0.4, 0.5) is 0 Å². The third-order valence-corrected chi connectivity index (χ3v) is 2.93. The minimum atomic E-state index is -0.140. The Labute approximate surface area is 104 Å². The van der Waals surface area contributed by atoms with E-state index in [1.54, 1.807) is 18.0 Å². The molecule has 0 saturated heterocycles. The van der Waals surface area contributed by atoms with Crippen molar-refractivity contribution >= 4 is 11.8 Å². The van der Waals surface area contributed by atoms with Gasteiger partial charge in [0.15, 0.2) is 0 Å². The van der Waals surface area contributed by atoms with Crippen molar-refractivity contribution in [1.29, 1.82) is 0 Å². The summed E-state index contributed by atoms with van der Waals surface area (Å²) in [7, 11) is 0. The van der Waals surface area contributed by atoms with Crippen LogP contribution in [0.5, 0.6) is 11.6 Å². The Morgan fingerprint density at radius 3 is 2.71 bits per heavy atom. The van der Waals surface area contributed by atoms with Crippen molar-refractivity contribution in [2.24, 2.45) is 0 Å². The maximum Gasteiger partial charge on any atom is 0.227 e. The summed E-state index contributed by atoms with van der Waals surface area (Å²) in [5.41, 5.74) is 0.571. The van der Waals surface area contributed by atoms with Gasteiger partial charge in [-0.05, 0) is 30.5 Å². The molecular formula is C12H12N2O2S. The molecule has 1 N–H and O–H groups in total. The Morgan fingerprint density at radius 2 is 2.06 bits per heavy atom. The van der Waals surface area contributed by atoms with Crippen molar-refractivity contribution in [3.8, 4) is 11.6 Å². The van der Waals surface area contributed by atoms with Crippen molar-refractivity contribution in [3.05, 3.63) is 42.4 Å². The van der Waals surface area contributed by atoms with Crippen LogP contribution in [-0.4, -0.2) is 21.3 Å². The Morgan fingerprint density at radius 1 is 1.29 bits per heavy atom. The second-order valence-corrected chi connectivity index (χ2v) is 4.17. The molecule has 0 aliphatic carbocycles. The van der Waals surface area contributed by atoms with Crippen molar-refractivity contribution < 1.29 is 9.84 Å². The van der Waals surface area contributed by atoms with Crippen LogP contribution >= 0.6 is 11.8 Å². The summed E-state index contributed by atoms with van der Waals surface area (Å²) in [6, 6.07) is 7.68. The number of benzene rings is 1. The van der Waals surface area contributed by atoms with Gasteiger partial charge >= 0.3 is 0 Å². The zero-order valence-corrected chi connectivity index (χ0v) is 10.1. The largest absolute Gasteiger partial charge is 0.439 e. The SMILES string of the molecule is CSc1ccc(Oc2ncncc2CO)cc1. The summed E-state index contributed by atoms with van der Waals surface area (Å²) < 4.78 is 5.58. The highest BCUT2D eigenvalue weighted by atomic mass is 32.2. The quantitative estimate of drug-likeness (QED) is 0.842. The first kappa shape index (κ1) is 11.9. The maximum atomic E-state index is 9.12.